The van der Waals surface area contributed by atoms with Crippen LogP contribution in [0.15, 0.2) is 46.9 Å². The van der Waals surface area contributed by atoms with Crippen molar-refractivity contribution in [1.29, 1.82) is 0 Å². The van der Waals surface area contributed by atoms with Gasteiger partial charge in [0.1, 0.15) is 11.6 Å². The number of carbonyl (C=O) groups is 1. The number of halogens is 3. The van der Waals surface area contributed by atoms with E-state index in [4.69, 9.17) is 32.4 Å². The topological polar surface area (TPSA) is 77.2 Å². The quantitative estimate of drug-likeness (QED) is 0.716. The number of carbonyl (C=O) groups excluding carboxylic acids is 1. The number of benzene rings is 2. The van der Waals surface area contributed by atoms with Gasteiger partial charge in [-0.25, -0.2) is 4.39 Å². The molecule has 0 saturated heterocycles. The second kappa shape index (κ2) is 7.50. The van der Waals surface area contributed by atoms with E-state index in [1.54, 1.807) is 18.2 Å². The molecule has 1 amide bonds. The molecular weight excluding hydrogens is 372 g/mol. The summed E-state index contributed by atoms with van der Waals surface area (Å²) in [5, 5.41) is 10.5. The highest BCUT2D eigenvalue weighted by Crippen LogP contribution is 2.27. The van der Waals surface area contributed by atoms with Crippen molar-refractivity contribution < 1.29 is 18.3 Å². The van der Waals surface area contributed by atoms with E-state index < -0.39 is 11.7 Å². The molecule has 3 aromatic rings. The lowest BCUT2D eigenvalue weighted by molar-refractivity contribution is -0.118. The van der Waals surface area contributed by atoms with Gasteiger partial charge in [-0.2, -0.15) is 0 Å². The summed E-state index contributed by atoms with van der Waals surface area (Å²) in [6.07, 6.45) is 0. The summed E-state index contributed by atoms with van der Waals surface area (Å²) in [5.74, 6) is -0.571. The van der Waals surface area contributed by atoms with Gasteiger partial charge in [-0.3, -0.25) is 10.1 Å². The van der Waals surface area contributed by atoms with Gasteiger partial charge in [0.25, 0.3) is 5.91 Å². The fraction of sp³-hybridized carbons (Fsp3) is 0.0625. The van der Waals surface area contributed by atoms with Crippen LogP contribution < -0.4 is 10.1 Å². The summed E-state index contributed by atoms with van der Waals surface area (Å²) in [6.45, 7) is -0.320. The molecule has 0 aliphatic heterocycles. The fourth-order valence-corrected chi connectivity index (χ4v) is 2.37. The van der Waals surface area contributed by atoms with Crippen molar-refractivity contribution in [3.8, 4) is 17.2 Å². The highest BCUT2D eigenvalue weighted by atomic mass is 35.5. The van der Waals surface area contributed by atoms with E-state index >= 15 is 0 Å². The number of nitrogens with one attached hydrogen (secondary N) is 1. The first-order chi connectivity index (χ1) is 12.0. The van der Waals surface area contributed by atoms with Crippen molar-refractivity contribution in [3.63, 3.8) is 0 Å². The summed E-state index contributed by atoms with van der Waals surface area (Å²) in [6, 6.07) is 10.2. The molecule has 128 valence electrons. The first-order valence-corrected chi connectivity index (χ1v) is 7.74. The van der Waals surface area contributed by atoms with E-state index in [1.807, 2.05) is 0 Å². The van der Waals surface area contributed by atoms with Crippen LogP contribution in [0.25, 0.3) is 11.5 Å². The van der Waals surface area contributed by atoms with Gasteiger partial charge in [0, 0.05) is 10.6 Å². The third-order valence-corrected chi connectivity index (χ3v) is 3.53. The van der Waals surface area contributed by atoms with E-state index in [0.717, 1.165) is 0 Å². The number of hydrogen-bond donors (Lipinski definition) is 1. The molecule has 6 nitrogen and oxygen atoms in total. The molecular formula is C16H10Cl2FN3O3. The van der Waals surface area contributed by atoms with E-state index in [0.29, 0.717) is 16.3 Å². The molecule has 0 aliphatic rings. The van der Waals surface area contributed by atoms with E-state index in [2.05, 4.69) is 15.5 Å². The second-order valence-corrected chi connectivity index (χ2v) is 5.68. The molecule has 9 heteroatoms. The lowest BCUT2D eigenvalue weighted by atomic mass is 10.2. The number of rotatable bonds is 5. The zero-order chi connectivity index (χ0) is 17.8. The Morgan fingerprint density at radius 1 is 1.20 bits per heavy atom. The van der Waals surface area contributed by atoms with Crippen LogP contribution in [0.2, 0.25) is 10.0 Å². The van der Waals surface area contributed by atoms with Crippen LogP contribution in [0, 0.1) is 5.82 Å². The molecule has 0 atom stereocenters. The minimum absolute atomic E-state index is 0.0801. The van der Waals surface area contributed by atoms with Gasteiger partial charge in [-0.15, -0.1) is 5.10 Å². The number of ether oxygens (including phenoxy) is 1. The molecule has 0 radical (unpaired) electrons. The van der Waals surface area contributed by atoms with Crippen molar-refractivity contribution in [2.24, 2.45) is 0 Å². The summed E-state index contributed by atoms with van der Waals surface area (Å²) in [7, 11) is 0. The third-order valence-electron chi connectivity index (χ3n) is 3.00. The SMILES string of the molecule is O=C(COc1ccc(Cl)cc1Cl)Nc1nnc(-c2cccc(F)c2)o1. The minimum Gasteiger partial charge on any atom is -0.482 e. The maximum atomic E-state index is 13.2. The smallest absolute Gasteiger partial charge is 0.322 e. The molecule has 25 heavy (non-hydrogen) atoms. The third kappa shape index (κ3) is 4.46. The van der Waals surface area contributed by atoms with Crippen molar-refractivity contribution in [3.05, 3.63) is 58.3 Å². The Balaban J connectivity index is 1.60. The minimum atomic E-state index is -0.527. The maximum absolute atomic E-state index is 13.2. The Bertz CT molecular complexity index is 917. The van der Waals surface area contributed by atoms with E-state index in [9.17, 15) is 9.18 Å². The average molecular weight is 382 g/mol. The Labute approximate surface area is 151 Å². The van der Waals surface area contributed by atoms with Crippen molar-refractivity contribution in [1.82, 2.24) is 10.2 Å². The molecule has 1 heterocycles. The lowest BCUT2D eigenvalue weighted by Crippen LogP contribution is -2.20. The van der Waals surface area contributed by atoms with Crippen LogP contribution in [-0.2, 0) is 4.79 Å². The molecule has 0 aliphatic carbocycles. The summed E-state index contributed by atoms with van der Waals surface area (Å²) in [5.41, 5.74) is 0.400. The number of amides is 1. The monoisotopic (exact) mass is 381 g/mol. The molecule has 0 saturated carbocycles. The van der Waals surface area contributed by atoms with Crippen LogP contribution in [-0.4, -0.2) is 22.7 Å². The molecule has 1 N–H and O–H groups in total. The molecule has 0 fully saturated rings. The molecule has 3 rings (SSSR count). The fourth-order valence-electron chi connectivity index (χ4n) is 1.90. The molecule has 2 aromatic carbocycles. The van der Waals surface area contributed by atoms with Crippen LogP contribution in [0.4, 0.5) is 10.4 Å². The van der Waals surface area contributed by atoms with Crippen molar-refractivity contribution in [2.75, 3.05) is 11.9 Å². The standard InChI is InChI=1S/C16H10Cl2FN3O3/c17-10-4-5-13(12(18)7-10)24-8-14(23)20-16-22-21-15(25-16)9-2-1-3-11(19)6-9/h1-7H,8H2,(H,20,22,23). The van der Waals surface area contributed by atoms with Gasteiger partial charge in [0.15, 0.2) is 6.61 Å². The Morgan fingerprint density at radius 3 is 2.80 bits per heavy atom. The maximum Gasteiger partial charge on any atom is 0.322 e. The first kappa shape index (κ1) is 17.2. The highest BCUT2D eigenvalue weighted by molar-refractivity contribution is 6.35. The predicted molar refractivity (Wildman–Crippen MR) is 90.3 cm³/mol. The lowest BCUT2D eigenvalue weighted by Gasteiger charge is -2.07. The normalized spacial score (nSPS) is 10.5. The molecule has 0 bridgehead atoms. The van der Waals surface area contributed by atoms with Crippen LogP contribution >= 0.6 is 23.2 Å². The highest BCUT2D eigenvalue weighted by Gasteiger charge is 2.13. The van der Waals surface area contributed by atoms with Gasteiger partial charge in [-0.05, 0) is 36.4 Å². The number of nitrogens with zero attached hydrogens (tertiary/aromatic N) is 2. The van der Waals surface area contributed by atoms with Crippen LogP contribution in [0.5, 0.6) is 5.75 Å². The zero-order valence-electron chi connectivity index (χ0n) is 12.5. The van der Waals surface area contributed by atoms with Gasteiger partial charge in [0.05, 0.1) is 5.02 Å². The van der Waals surface area contributed by atoms with Gasteiger partial charge in [-0.1, -0.05) is 34.4 Å². The zero-order valence-corrected chi connectivity index (χ0v) is 14.0. The molecule has 0 unspecified atom stereocenters. The van der Waals surface area contributed by atoms with Crippen molar-refractivity contribution >= 4 is 35.1 Å². The summed E-state index contributed by atoms with van der Waals surface area (Å²) in [4.78, 5) is 11.9. The van der Waals surface area contributed by atoms with E-state index in [1.165, 1.54) is 24.3 Å². The molecule has 1 aromatic heterocycles. The largest absolute Gasteiger partial charge is 0.482 e. The van der Waals surface area contributed by atoms with Crippen LogP contribution in [0.1, 0.15) is 0 Å². The average Bonchev–Trinajstić information content (AvgIpc) is 3.02. The number of anilines is 1. The first-order valence-electron chi connectivity index (χ1n) is 6.98. The van der Waals surface area contributed by atoms with Crippen LogP contribution in [0.3, 0.4) is 0 Å². The summed E-state index contributed by atoms with van der Waals surface area (Å²) < 4.78 is 23.8. The molecule has 0 spiro atoms. The Kier molecular flexibility index (Phi) is 5.16. The number of hydrogen-bond acceptors (Lipinski definition) is 5. The summed E-state index contributed by atoms with van der Waals surface area (Å²) >= 11 is 11.7. The second-order valence-electron chi connectivity index (χ2n) is 4.83. The Hall–Kier alpha value is -2.64. The van der Waals surface area contributed by atoms with Gasteiger partial charge < -0.3 is 9.15 Å². The predicted octanol–water partition coefficient (Wildman–Crippen LogP) is 4.20. The van der Waals surface area contributed by atoms with Gasteiger partial charge >= 0.3 is 6.01 Å². The van der Waals surface area contributed by atoms with E-state index in [-0.39, 0.29) is 23.5 Å². The Morgan fingerprint density at radius 2 is 2.04 bits per heavy atom. The van der Waals surface area contributed by atoms with Crippen molar-refractivity contribution in [2.45, 2.75) is 0 Å². The van der Waals surface area contributed by atoms with Gasteiger partial charge in [0.2, 0.25) is 5.89 Å². The number of aromatic nitrogens is 2.